The van der Waals surface area contributed by atoms with Crippen LogP contribution in [0.1, 0.15) is 38.7 Å². The summed E-state index contributed by atoms with van der Waals surface area (Å²) in [5.74, 6) is 0.861. The normalized spacial score (nSPS) is 11.9. The van der Waals surface area contributed by atoms with Crippen LogP contribution < -0.4 is 16.0 Å². The first-order valence-electron chi connectivity index (χ1n) is 11.4. The van der Waals surface area contributed by atoms with Crippen LogP contribution in [0.5, 0.6) is 0 Å². The lowest BCUT2D eigenvalue weighted by Crippen LogP contribution is -2.48. The lowest BCUT2D eigenvalue weighted by atomic mass is 10.00. The van der Waals surface area contributed by atoms with Crippen molar-refractivity contribution in [2.24, 2.45) is 0 Å². The first-order valence-corrected chi connectivity index (χ1v) is 12.8. The third-order valence-electron chi connectivity index (χ3n) is 5.13. The van der Waals surface area contributed by atoms with E-state index in [9.17, 15) is 9.59 Å². The van der Waals surface area contributed by atoms with Crippen molar-refractivity contribution < 1.29 is 9.59 Å². The van der Waals surface area contributed by atoms with E-state index in [1.165, 1.54) is 0 Å². The minimum absolute atomic E-state index is 0.110. The number of unbranched alkanes of at least 4 members (excludes halogenated alkanes) is 1. The number of thioether (sulfide) groups is 1. The molecule has 32 heavy (non-hydrogen) atoms. The molecule has 2 aromatic rings. The molecule has 0 saturated carbocycles. The second-order valence-electron chi connectivity index (χ2n) is 8.24. The van der Waals surface area contributed by atoms with E-state index < -0.39 is 6.04 Å². The van der Waals surface area contributed by atoms with Crippen LogP contribution in [0.3, 0.4) is 0 Å². The highest BCUT2D eigenvalue weighted by Crippen LogP contribution is 2.19. The van der Waals surface area contributed by atoms with Gasteiger partial charge in [0.15, 0.2) is 0 Å². The number of carbonyl (C=O) groups excluding carboxylic acids is 2. The number of rotatable bonds is 14. The molecule has 1 atom stereocenters. The first kappa shape index (κ1) is 25.9. The minimum atomic E-state index is -0.579. The Morgan fingerprint density at radius 1 is 0.906 bits per heavy atom. The summed E-state index contributed by atoms with van der Waals surface area (Å²) in [7, 11) is 0. The van der Waals surface area contributed by atoms with Crippen LogP contribution in [0.4, 0.5) is 0 Å². The summed E-state index contributed by atoms with van der Waals surface area (Å²) in [6, 6.07) is 18.1. The summed E-state index contributed by atoms with van der Waals surface area (Å²) in [5.41, 5.74) is 3.31. The maximum absolute atomic E-state index is 12.8. The van der Waals surface area contributed by atoms with Crippen LogP contribution in [0.25, 0.3) is 11.1 Å². The van der Waals surface area contributed by atoms with Crippen LogP contribution in [0.2, 0.25) is 0 Å². The second-order valence-corrected chi connectivity index (χ2v) is 9.22. The summed E-state index contributed by atoms with van der Waals surface area (Å²) in [6.45, 7) is 5.32. The molecule has 0 fully saturated rings. The topological polar surface area (TPSA) is 70.2 Å². The highest BCUT2D eigenvalue weighted by Gasteiger charge is 2.21. The van der Waals surface area contributed by atoms with Gasteiger partial charge in [0, 0.05) is 32.0 Å². The van der Waals surface area contributed by atoms with E-state index in [0.717, 1.165) is 35.3 Å². The lowest BCUT2D eigenvalue weighted by Gasteiger charge is -2.19. The molecule has 5 nitrogen and oxygen atoms in total. The number of carbonyl (C=O) groups is 2. The fourth-order valence-corrected chi connectivity index (χ4v) is 3.85. The molecule has 0 aliphatic heterocycles. The number of hydrogen-bond donors (Lipinski definition) is 3. The largest absolute Gasteiger partial charge is 0.354 e. The molecule has 2 rings (SSSR count). The summed E-state index contributed by atoms with van der Waals surface area (Å²) in [5, 5.41) is 9.18. The molecule has 0 bridgehead atoms. The Hall–Kier alpha value is -2.31. The first-order chi connectivity index (χ1) is 15.5. The quantitative estimate of drug-likeness (QED) is 0.376. The van der Waals surface area contributed by atoms with Gasteiger partial charge in [-0.2, -0.15) is 11.8 Å². The van der Waals surface area contributed by atoms with Gasteiger partial charge in [-0.25, -0.2) is 0 Å². The van der Waals surface area contributed by atoms with E-state index in [1.54, 1.807) is 0 Å². The molecule has 0 aliphatic carbocycles. The average Bonchev–Trinajstić information content (AvgIpc) is 2.79. The predicted molar refractivity (Wildman–Crippen MR) is 136 cm³/mol. The van der Waals surface area contributed by atoms with Gasteiger partial charge in [-0.3, -0.25) is 9.59 Å². The van der Waals surface area contributed by atoms with Crippen LogP contribution in [-0.4, -0.2) is 49.0 Å². The van der Waals surface area contributed by atoms with Crippen LogP contribution >= 0.6 is 11.8 Å². The van der Waals surface area contributed by atoms with Crippen molar-refractivity contribution in [3.8, 4) is 11.1 Å². The van der Waals surface area contributed by atoms with E-state index >= 15 is 0 Å². The molecule has 0 unspecified atom stereocenters. The number of nitrogens with one attached hydrogen (secondary N) is 3. The number of hydrogen-bond acceptors (Lipinski definition) is 4. The summed E-state index contributed by atoms with van der Waals surface area (Å²) in [6.07, 6.45) is 4.91. The fraction of sp³-hybridized carbons (Fsp3) is 0.462. The molecule has 0 radical (unpaired) electrons. The molecule has 3 N–H and O–H groups in total. The molecule has 0 saturated heterocycles. The Morgan fingerprint density at radius 3 is 2.25 bits per heavy atom. The van der Waals surface area contributed by atoms with Gasteiger partial charge in [0.25, 0.3) is 0 Å². The highest BCUT2D eigenvalue weighted by atomic mass is 32.2. The third-order valence-corrected chi connectivity index (χ3v) is 5.83. The Morgan fingerprint density at radius 2 is 1.59 bits per heavy atom. The Bertz CT molecular complexity index is 810. The molecule has 0 aromatic heterocycles. The molecule has 2 amide bonds. The van der Waals surface area contributed by atoms with E-state index in [4.69, 9.17) is 0 Å². The molecular weight excluding hydrogens is 418 g/mol. The zero-order valence-corrected chi connectivity index (χ0v) is 20.3. The van der Waals surface area contributed by atoms with Crippen molar-refractivity contribution in [1.29, 1.82) is 0 Å². The minimum Gasteiger partial charge on any atom is -0.354 e. The average molecular weight is 456 g/mol. The Balaban J connectivity index is 1.99. The zero-order chi connectivity index (χ0) is 23.2. The molecule has 2 aromatic carbocycles. The Kier molecular flexibility index (Phi) is 11.9. The standard InChI is InChI=1S/C26H37N3O2S/c1-20(2)27-17-15-25(30)29-24(26(31)28-16-7-8-18-32-3)19-21-11-13-23(14-12-21)22-9-5-4-6-10-22/h4-6,9-14,20,24,27H,7-8,15-19H2,1-3H3,(H,28,31)(H,29,30)/t24-/m1/s1. The van der Waals surface area contributed by atoms with Gasteiger partial charge < -0.3 is 16.0 Å². The summed E-state index contributed by atoms with van der Waals surface area (Å²) < 4.78 is 0. The van der Waals surface area contributed by atoms with Gasteiger partial charge in [-0.15, -0.1) is 0 Å². The van der Waals surface area contributed by atoms with E-state index in [-0.39, 0.29) is 11.8 Å². The SMILES string of the molecule is CSCCCCNC(=O)[C@@H](Cc1ccc(-c2ccccc2)cc1)NC(=O)CCNC(C)C. The molecule has 0 heterocycles. The van der Waals surface area contributed by atoms with Gasteiger partial charge in [-0.1, -0.05) is 68.4 Å². The monoisotopic (exact) mass is 455 g/mol. The van der Waals surface area contributed by atoms with Crippen molar-refractivity contribution in [1.82, 2.24) is 16.0 Å². The van der Waals surface area contributed by atoms with E-state index in [2.05, 4.69) is 46.5 Å². The van der Waals surface area contributed by atoms with E-state index in [1.807, 2.05) is 55.9 Å². The van der Waals surface area contributed by atoms with Gasteiger partial charge in [0.05, 0.1) is 0 Å². The van der Waals surface area contributed by atoms with Crippen molar-refractivity contribution >= 4 is 23.6 Å². The summed E-state index contributed by atoms with van der Waals surface area (Å²) >= 11 is 1.81. The third kappa shape index (κ3) is 9.88. The van der Waals surface area contributed by atoms with Crippen molar-refractivity contribution in [2.75, 3.05) is 25.1 Å². The van der Waals surface area contributed by atoms with Gasteiger partial charge in [-0.05, 0) is 41.5 Å². The molecular formula is C26H37N3O2S. The molecule has 0 aliphatic rings. The highest BCUT2D eigenvalue weighted by molar-refractivity contribution is 7.98. The van der Waals surface area contributed by atoms with Crippen LogP contribution in [0.15, 0.2) is 54.6 Å². The summed E-state index contributed by atoms with van der Waals surface area (Å²) in [4.78, 5) is 25.3. The zero-order valence-electron chi connectivity index (χ0n) is 19.5. The van der Waals surface area contributed by atoms with E-state index in [0.29, 0.717) is 32.0 Å². The van der Waals surface area contributed by atoms with Gasteiger partial charge in [0.2, 0.25) is 11.8 Å². The maximum atomic E-state index is 12.8. The maximum Gasteiger partial charge on any atom is 0.242 e. The lowest BCUT2D eigenvalue weighted by molar-refractivity contribution is -0.129. The Labute approximate surface area is 197 Å². The fourth-order valence-electron chi connectivity index (χ4n) is 3.36. The molecule has 0 spiro atoms. The number of benzene rings is 2. The van der Waals surface area contributed by atoms with Crippen molar-refractivity contribution in [3.63, 3.8) is 0 Å². The van der Waals surface area contributed by atoms with Crippen molar-refractivity contribution in [2.45, 2.75) is 51.6 Å². The number of amides is 2. The van der Waals surface area contributed by atoms with Gasteiger partial charge >= 0.3 is 0 Å². The van der Waals surface area contributed by atoms with Crippen LogP contribution in [-0.2, 0) is 16.0 Å². The second kappa shape index (κ2) is 14.7. The molecule has 6 heteroatoms. The molecule has 174 valence electrons. The predicted octanol–water partition coefficient (Wildman–Crippen LogP) is 4.03. The smallest absolute Gasteiger partial charge is 0.242 e. The van der Waals surface area contributed by atoms with Crippen molar-refractivity contribution in [3.05, 3.63) is 60.2 Å². The van der Waals surface area contributed by atoms with Gasteiger partial charge in [0.1, 0.15) is 6.04 Å². The van der Waals surface area contributed by atoms with Crippen LogP contribution in [0, 0.1) is 0 Å².